The highest BCUT2D eigenvalue weighted by Gasteiger charge is 2.19. The average Bonchev–Trinajstić information content (AvgIpc) is 2.64. The fraction of sp³-hybridized carbons (Fsp3) is 0.200. The van der Waals surface area contributed by atoms with Crippen molar-refractivity contribution in [2.75, 3.05) is 11.9 Å². The summed E-state index contributed by atoms with van der Waals surface area (Å²) in [4.78, 5) is 24.2. The van der Waals surface area contributed by atoms with Crippen molar-refractivity contribution in [2.24, 2.45) is 0 Å². The van der Waals surface area contributed by atoms with Crippen molar-refractivity contribution in [3.05, 3.63) is 63.1 Å². The summed E-state index contributed by atoms with van der Waals surface area (Å²) in [7, 11) is 0. The lowest BCUT2D eigenvalue weighted by atomic mass is 10.2. The summed E-state index contributed by atoms with van der Waals surface area (Å²) in [5, 5.41) is 3.23. The zero-order valence-corrected chi connectivity index (χ0v) is 17.4. The van der Waals surface area contributed by atoms with Gasteiger partial charge in [0.1, 0.15) is 5.75 Å². The number of amides is 1. The second-order valence-electron chi connectivity index (χ2n) is 5.65. The number of carbonyl (C=O) groups is 2. The van der Waals surface area contributed by atoms with Crippen LogP contribution in [0.5, 0.6) is 5.75 Å². The highest BCUT2D eigenvalue weighted by molar-refractivity contribution is 6.42. The van der Waals surface area contributed by atoms with Gasteiger partial charge in [-0.05, 0) is 49.8 Å². The molecule has 148 valence electrons. The Hall–Kier alpha value is -2.21. The van der Waals surface area contributed by atoms with Crippen LogP contribution in [-0.2, 0) is 14.3 Å². The van der Waals surface area contributed by atoms with Gasteiger partial charge < -0.3 is 14.8 Å². The lowest BCUT2D eigenvalue weighted by molar-refractivity contribution is -0.148. The van der Waals surface area contributed by atoms with Crippen LogP contribution in [0.15, 0.2) is 42.5 Å². The topological polar surface area (TPSA) is 64.6 Å². The van der Waals surface area contributed by atoms with Crippen molar-refractivity contribution >= 4 is 58.4 Å². The Morgan fingerprint density at radius 2 is 1.71 bits per heavy atom. The first-order chi connectivity index (χ1) is 13.3. The molecule has 5 nitrogen and oxygen atoms in total. The van der Waals surface area contributed by atoms with E-state index in [1.807, 2.05) is 6.92 Å². The maximum atomic E-state index is 12.2. The van der Waals surface area contributed by atoms with E-state index in [9.17, 15) is 9.59 Å². The Bertz CT molecular complexity index is 859. The van der Waals surface area contributed by atoms with Crippen LogP contribution in [0.3, 0.4) is 0 Å². The van der Waals surface area contributed by atoms with Crippen molar-refractivity contribution in [1.29, 1.82) is 0 Å². The van der Waals surface area contributed by atoms with Gasteiger partial charge in [0, 0.05) is 11.1 Å². The lowest BCUT2D eigenvalue weighted by Gasteiger charge is -2.14. The number of ether oxygens (including phenoxy) is 2. The van der Waals surface area contributed by atoms with Gasteiger partial charge in [-0.15, -0.1) is 0 Å². The minimum atomic E-state index is -1.06. The zero-order valence-electron chi connectivity index (χ0n) is 15.2. The molecular weight excluding hydrogens is 425 g/mol. The molecule has 0 saturated heterocycles. The molecule has 0 aliphatic carbocycles. The van der Waals surface area contributed by atoms with E-state index in [0.29, 0.717) is 11.6 Å². The van der Waals surface area contributed by atoms with Crippen LogP contribution in [0.2, 0.25) is 15.1 Å². The van der Waals surface area contributed by atoms with Crippen molar-refractivity contribution in [3.63, 3.8) is 0 Å². The first-order valence-corrected chi connectivity index (χ1v) is 9.50. The molecule has 0 bridgehead atoms. The molecule has 0 spiro atoms. The maximum absolute atomic E-state index is 12.2. The SMILES string of the molecule is CCOc1ccc(/C=C/C(=O)OC(C)C(=O)Nc2c(Cl)cc(Cl)cc2Cl)cc1. The van der Waals surface area contributed by atoms with E-state index in [1.54, 1.807) is 30.3 Å². The number of halogens is 3. The summed E-state index contributed by atoms with van der Waals surface area (Å²) in [6, 6.07) is 10.1. The molecule has 2 aromatic rings. The molecule has 0 radical (unpaired) electrons. The molecule has 2 rings (SSSR count). The minimum Gasteiger partial charge on any atom is -0.494 e. The standard InChI is InChI=1S/C20H18Cl3NO4/c1-3-27-15-7-4-13(5-8-15)6-9-18(25)28-12(2)20(26)24-19-16(22)10-14(21)11-17(19)23/h4-12H,3H2,1-2H3,(H,24,26)/b9-6+. The summed E-state index contributed by atoms with van der Waals surface area (Å²) in [5.74, 6) is -0.495. The van der Waals surface area contributed by atoms with E-state index in [4.69, 9.17) is 44.3 Å². The molecule has 0 aromatic heterocycles. The molecule has 8 heteroatoms. The first kappa shape index (κ1) is 22.1. The third-order valence-electron chi connectivity index (χ3n) is 3.52. The number of carbonyl (C=O) groups excluding carboxylic acids is 2. The van der Waals surface area contributed by atoms with E-state index in [1.165, 1.54) is 25.1 Å². The smallest absolute Gasteiger partial charge is 0.331 e. The quantitative estimate of drug-likeness (QED) is 0.446. The van der Waals surface area contributed by atoms with Gasteiger partial charge in [-0.1, -0.05) is 46.9 Å². The number of nitrogens with one attached hydrogen (secondary N) is 1. The molecule has 0 fully saturated rings. The Morgan fingerprint density at radius 1 is 1.11 bits per heavy atom. The van der Waals surface area contributed by atoms with Gasteiger partial charge >= 0.3 is 5.97 Å². The Kier molecular flexibility index (Phi) is 8.18. The molecule has 1 atom stereocenters. The van der Waals surface area contributed by atoms with E-state index in [-0.39, 0.29) is 15.7 Å². The molecule has 0 saturated carbocycles. The molecule has 2 aromatic carbocycles. The number of anilines is 1. The third-order valence-corrected chi connectivity index (χ3v) is 4.33. The van der Waals surface area contributed by atoms with Crippen molar-refractivity contribution in [1.82, 2.24) is 0 Å². The monoisotopic (exact) mass is 441 g/mol. The van der Waals surface area contributed by atoms with E-state index < -0.39 is 18.0 Å². The van der Waals surface area contributed by atoms with Crippen molar-refractivity contribution in [2.45, 2.75) is 20.0 Å². The summed E-state index contributed by atoms with van der Waals surface area (Å²) < 4.78 is 10.4. The summed E-state index contributed by atoms with van der Waals surface area (Å²) in [6.45, 7) is 3.92. The predicted molar refractivity (Wildman–Crippen MR) is 112 cm³/mol. The maximum Gasteiger partial charge on any atom is 0.331 e. The fourth-order valence-electron chi connectivity index (χ4n) is 2.16. The fourth-order valence-corrected chi connectivity index (χ4v) is 3.07. The number of rotatable bonds is 7. The van der Waals surface area contributed by atoms with Crippen LogP contribution in [-0.4, -0.2) is 24.6 Å². The van der Waals surface area contributed by atoms with Gasteiger partial charge in [0.05, 0.1) is 22.3 Å². The number of hydrogen-bond donors (Lipinski definition) is 1. The Morgan fingerprint density at radius 3 is 2.29 bits per heavy atom. The number of benzene rings is 2. The van der Waals surface area contributed by atoms with E-state index >= 15 is 0 Å². The molecule has 28 heavy (non-hydrogen) atoms. The Labute approximate surface area is 178 Å². The molecule has 1 N–H and O–H groups in total. The molecule has 1 unspecified atom stereocenters. The highest BCUT2D eigenvalue weighted by Crippen LogP contribution is 2.33. The van der Waals surface area contributed by atoms with Crippen LogP contribution in [0.25, 0.3) is 6.08 Å². The number of esters is 1. The van der Waals surface area contributed by atoms with Gasteiger partial charge in [-0.25, -0.2) is 4.79 Å². The average molecular weight is 443 g/mol. The highest BCUT2D eigenvalue weighted by atomic mass is 35.5. The van der Waals surface area contributed by atoms with Crippen LogP contribution >= 0.6 is 34.8 Å². The van der Waals surface area contributed by atoms with Gasteiger partial charge in [0.25, 0.3) is 5.91 Å². The van der Waals surface area contributed by atoms with Crippen molar-refractivity contribution in [3.8, 4) is 5.75 Å². The molecule has 1 amide bonds. The molecule has 0 aliphatic heterocycles. The van der Waals surface area contributed by atoms with Crippen LogP contribution in [0.1, 0.15) is 19.4 Å². The predicted octanol–water partition coefficient (Wildman–Crippen LogP) is 5.63. The van der Waals surface area contributed by atoms with E-state index in [0.717, 1.165) is 11.3 Å². The zero-order chi connectivity index (χ0) is 20.7. The van der Waals surface area contributed by atoms with Gasteiger partial charge in [0.2, 0.25) is 0 Å². The van der Waals surface area contributed by atoms with Crippen molar-refractivity contribution < 1.29 is 19.1 Å². The van der Waals surface area contributed by atoms with Gasteiger partial charge in [-0.3, -0.25) is 4.79 Å². The minimum absolute atomic E-state index is 0.180. The molecular formula is C20H18Cl3NO4. The van der Waals surface area contributed by atoms with Crippen LogP contribution in [0, 0.1) is 0 Å². The lowest BCUT2D eigenvalue weighted by Crippen LogP contribution is -2.29. The van der Waals surface area contributed by atoms with Crippen LogP contribution in [0.4, 0.5) is 5.69 Å². The van der Waals surface area contributed by atoms with Gasteiger partial charge in [0.15, 0.2) is 6.10 Å². The third kappa shape index (κ3) is 6.44. The van der Waals surface area contributed by atoms with E-state index in [2.05, 4.69) is 5.32 Å². The summed E-state index contributed by atoms with van der Waals surface area (Å²) >= 11 is 17.9. The number of hydrogen-bond acceptors (Lipinski definition) is 4. The second-order valence-corrected chi connectivity index (χ2v) is 6.90. The molecule has 0 heterocycles. The summed E-state index contributed by atoms with van der Waals surface area (Å²) in [5.41, 5.74) is 0.989. The Balaban J connectivity index is 1.93. The first-order valence-electron chi connectivity index (χ1n) is 8.37. The van der Waals surface area contributed by atoms with Crippen LogP contribution < -0.4 is 10.1 Å². The van der Waals surface area contributed by atoms with Gasteiger partial charge in [-0.2, -0.15) is 0 Å². The largest absolute Gasteiger partial charge is 0.494 e. The normalized spacial score (nSPS) is 11.9. The second kappa shape index (κ2) is 10.4. The summed E-state index contributed by atoms with van der Waals surface area (Å²) in [6.07, 6.45) is 1.76. The molecule has 0 aliphatic rings.